The molecule has 4 rings (SSSR count). The number of nitrogens with zero attached hydrogens (tertiary/aromatic N) is 2. The summed E-state index contributed by atoms with van der Waals surface area (Å²) in [5.41, 5.74) is 1.77. The Labute approximate surface area is 158 Å². The third-order valence-corrected chi connectivity index (χ3v) is 7.01. The van der Waals surface area contributed by atoms with E-state index >= 15 is 0 Å². The van der Waals surface area contributed by atoms with Crippen LogP contribution in [0.1, 0.15) is 18.9 Å². The molecule has 1 aliphatic carbocycles. The fourth-order valence-electron chi connectivity index (χ4n) is 4.21. The van der Waals surface area contributed by atoms with Gasteiger partial charge in [0.05, 0.1) is 19.3 Å². The molecule has 27 heavy (non-hydrogen) atoms. The van der Waals surface area contributed by atoms with E-state index in [1.54, 1.807) is 9.21 Å². The van der Waals surface area contributed by atoms with Gasteiger partial charge < -0.3 is 10.1 Å². The summed E-state index contributed by atoms with van der Waals surface area (Å²) in [7, 11) is -3.16. The van der Waals surface area contributed by atoms with E-state index in [1.165, 1.54) is 13.2 Å². The van der Waals surface area contributed by atoms with Crippen LogP contribution in [-0.4, -0.2) is 63.3 Å². The lowest BCUT2D eigenvalue weighted by molar-refractivity contribution is -0.119. The summed E-state index contributed by atoms with van der Waals surface area (Å²) in [5.74, 6) is 0.212. The van der Waals surface area contributed by atoms with Crippen molar-refractivity contribution in [2.24, 2.45) is 5.92 Å². The van der Waals surface area contributed by atoms with Crippen molar-refractivity contribution in [2.75, 3.05) is 37.3 Å². The maximum Gasteiger partial charge on any atom is 0.414 e. The quantitative estimate of drug-likeness (QED) is 0.794. The molecule has 3 fully saturated rings. The minimum atomic E-state index is -3.16. The number of benzene rings is 1. The molecule has 0 bridgehead atoms. The van der Waals surface area contributed by atoms with Gasteiger partial charge in [-0.25, -0.2) is 17.5 Å². The molecule has 0 radical (unpaired) electrons. The summed E-state index contributed by atoms with van der Waals surface area (Å²) in [6.07, 6.45) is 1.46. The molecule has 2 amide bonds. The molecule has 3 atom stereocenters. The molecule has 2 heterocycles. The van der Waals surface area contributed by atoms with E-state index in [1.807, 2.05) is 24.3 Å². The highest BCUT2D eigenvalue weighted by Crippen LogP contribution is 2.59. The number of ether oxygens (including phenoxy) is 1. The van der Waals surface area contributed by atoms with E-state index in [0.717, 1.165) is 17.7 Å². The number of cyclic esters (lactones) is 1. The highest BCUT2D eigenvalue weighted by Gasteiger charge is 2.62. The van der Waals surface area contributed by atoms with Gasteiger partial charge in [0.2, 0.25) is 15.9 Å². The van der Waals surface area contributed by atoms with Crippen LogP contribution >= 0.6 is 0 Å². The number of nitrogens with one attached hydrogen (secondary N) is 1. The SMILES string of the molecule is CC(=O)NCC1CN(c2ccc(C34CC3CN(S(C)(=O)=O)C4)cc2)C(=O)O1. The number of carbonyl (C=O) groups excluding carboxylic acids is 2. The van der Waals surface area contributed by atoms with Crippen LogP contribution in [0.5, 0.6) is 0 Å². The Morgan fingerprint density at radius 2 is 2.00 bits per heavy atom. The van der Waals surface area contributed by atoms with Gasteiger partial charge in [-0.3, -0.25) is 9.69 Å². The molecule has 1 N–H and O–H groups in total. The van der Waals surface area contributed by atoms with Gasteiger partial charge in [0.25, 0.3) is 0 Å². The van der Waals surface area contributed by atoms with Gasteiger partial charge in [0.15, 0.2) is 0 Å². The summed E-state index contributed by atoms with van der Waals surface area (Å²) >= 11 is 0. The maximum atomic E-state index is 12.1. The van der Waals surface area contributed by atoms with Crippen molar-refractivity contribution in [3.63, 3.8) is 0 Å². The van der Waals surface area contributed by atoms with E-state index in [-0.39, 0.29) is 17.4 Å². The number of hydrogen-bond acceptors (Lipinski definition) is 5. The Hall–Kier alpha value is -2.13. The first-order valence-corrected chi connectivity index (χ1v) is 10.8. The fraction of sp³-hybridized carbons (Fsp3) is 0.556. The first-order valence-electron chi connectivity index (χ1n) is 8.97. The zero-order valence-corrected chi connectivity index (χ0v) is 16.2. The van der Waals surface area contributed by atoms with Gasteiger partial charge in [-0.15, -0.1) is 0 Å². The van der Waals surface area contributed by atoms with Crippen LogP contribution < -0.4 is 10.2 Å². The van der Waals surface area contributed by atoms with Gasteiger partial charge >= 0.3 is 6.09 Å². The van der Waals surface area contributed by atoms with Crippen molar-refractivity contribution in [1.29, 1.82) is 0 Å². The Balaban J connectivity index is 1.45. The van der Waals surface area contributed by atoms with E-state index in [2.05, 4.69) is 5.32 Å². The number of anilines is 1. The lowest BCUT2D eigenvalue weighted by Gasteiger charge is -2.20. The second-order valence-corrected chi connectivity index (χ2v) is 9.70. The standard InChI is InChI=1S/C18H23N3O5S/c1-12(22)19-8-16-10-21(17(23)26-16)15-5-3-13(4-6-15)18-7-14(18)9-20(11-18)27(2,24)25/h3-6,14,16H,7-11H2,1-2H3,(H,19,22). The minimum absolute atomic E-state index is 0.0823. The van der Waals surface area contributed by atoms with Crippen molar-refractivity contribution in [3.05, 3.63) is 29.8 Å². The molecule has 0 aromatic heterocycles. The summed E-state index contributed by atoms with van der Waals surface area (Å²) < 4.78 is 30.5. The predicted octanol–water partition coefficient (Wildman–Crippen LogP) is 0.681. The van der Waals surface area contributed by atoms with Gasteiger partial charge in [0.1, 0.15) is 6.10 Å². The topological polar surface area (TPSA) is 96.0 Å². The number of sulfonamides is 1. The number of hydrogen-bond donors (Lipinski definition) is 1. The number of piperidine rings is 1. The monoisotopic (exact) mass is 393 g/mol. The van der Waals surface area contributed by atoms with Crippen LogP contribution in [0.2, 0.25) is 0 Å². The third-order valence-electron chi connectivity index (χ3n) is 5.79. The number of carbonyl (C=O) groups is 2. The molecule has 2 saturated heterocycles. The van der Waals surface area contributed by atoms with Crippen LogP contribution in [0.15, 0.2) is 24.3 Å². The van der Waals surface area contributed by atoms with Crippen LogP contribution in [-0.2, 0) is 25.0 Å². The van der Waals surface area contributed by atoms with E-state index in [4.69, 9.17) is 4.74 Å². The lowest BCUT2D eigenvalue weighted by Crippen LogP contribution is -2.33. The molecule has 1 aromatic rings. The zero-order chi connectivity index (χ0) is 19.4. The van der Waals surface area contributed by atoms with E-state index < -0.39 is 16.1 Å². The molecule has 146 valence electrons. The molecule has 3 aliphatic rings. The van der Waals surface area contributed by atoms with Gasteiger partial charge in [-0.2, -0.15) is 0 Å². The average Bonchev–Trinajstić information content (AvgIpc) is 2.97. The van der Waals surface area contributed by atoms with E-state index in [9.17, 15) is 18.0 Å². The lowest BCUT2D eigenvalue weighted by atomic mass is 9.95. The summed E-state index contributed by atoms with van der Waals surface area (Å²) in [5, 5.41) is 2.66. The van der Waals surface area contributed by atoms with Crippen LogP contribution in [0, 0.1) is 5.92 Å². The number of fused-ring (bicyclic) bond motifs is 1. The minimum Gasteiger partial charge on any atom is -0.442 e. The largest absolute Gasteiger partial charge is 0.442 e. The predicted molar refractivity (Wildman–Crippen MR) is 98.9 cm³/mol. The highest BCUT2D eigenvalue weighted by atomic mass is 32.2. The number of amides is 2. The van der Waals surface area contributed by atoms with Crippen LogP contribution in [0.3, 0.4) is 0 Å². The molecular weight excluding hydrogens is 370 g/mol. The summed E-state index contributed by atoms with van der Waals surface area (Å²) in [4.78, 5) is 24.7. The van der Waals surface area contributed by atoms with Crippen molar-refractivity contribution in [3.8, 4) is 0 Å². The second-order valence-electron chi connectivity index (χ2n) is 7.71. The Morgan fingerprint density at radius 1 is 1.30 bits per heavy atom. The normalized spacial score (nSPS) is 30.1. The van der Waals surface area contributed by atoms with Crippen molar-refractivity contribution >= 4 is 27.7 Å². The van der Waals surface area contributed by atoms with Crippen molar-refractivity contribution in [2.45, 2.75) is 24.9 Å². The zero-order valence-electron chi connectivity index (χ0n) is 15.3. The van der Waals surface area contributed by atoms with Gasteiger partial charge in [0, 0.05) is 31.1 Å². The number of rotatable bonds is 5. The average molecular weight is 393 g/mol. The Morgan fingerprint density at radius 3 is 2.59 bits per heavy atom. The molecular formula is C18H23N3O5S. The Bertz CT molecular complexity index is 885. The van der Waals surface area contributed by atoms with Crippen LogP contribution in [0.25, 0.3) is 0 Å². The second kappa shape index (κ2) is 6.20. The molecule has 1 saturated carbocycles. The molecule has 0 spiro atoms. The van der Waals surface area contributed by atoms with Crippen molar-refractivity contribution in [1.82, 2.24) is 9.62 Å². The molecule has 3 unspecified atom stereocenters. The fourth-order valence-corrected chi connectivity index (χ4v) is 5.12. The molecule has 9 heteroatoms. The third kappa shape index (κ3) is 3.29. The summed E-state index contributed by atoms with van der Waals surface area (Å²) in [6, 6.07) is 7.72. The van der Waals surface area contributed by atoms with Gasteiger partial charge in [-0.1, -0.05) is 12.1 Å². The smallest absolute Gasteiger partial charge is 0.414 e. The van der Waals surface area contributed by atoms with Crippen molar-refractivity contribution < 1.29 is 22.7 Å². The van der Waals surface area contributed by atoms with Crippen LogP contribution in [0.4, 0.5) is 10.5 Å². The Kier molecular flexibility index (Phi) is 4.19. The summed E-state index contributed by atoms with van der Waals surface area (Å²) in [6.45, 7) is 3.21. The first kappa shape index (κ1) is 18.2. The highest BCUT2D eigenvalue weighted by molar-refractivity contribution is 7.88. The molecule has 8 nitrogen and oxygen atoms in total. The first-order chi connectivity index (χ1) is 12.7. The maximum absolute atomic E-state index is 12.1. The molecule has 1 aromatic carbocycles. The van der Waals surface area contributed by atoms with Gasteiger partial charge in [-0.05, 0) is 30.0 Å². The molecule has 2 aliphatic heterocycles. The van der Waals surface area contributed by atoms with E-state index in [0.29, 0.717) is 32.1 Å².